The Kier molecular flexibility index (Phi) is 7.25. The summed E-state index contributed by atoms with van der Waals surface area (Å²) < 4.78 is 4.69. The van der Waals surface area contributed by atoms with E-state index in [1.54, 1.807) is 0 Å². The number of hydrogen-bond acceptors (Lipinski definition) is 6. The highest BCUT2D eigenvalue weighted by Crippen LogP contribution is 2.44. The van der Waals surface area contributed by atoms with Crippen LogP contribution in [0.25, 0.3) is 67.1 Å². The molecule has 0 saturated carbocycles. The van der Waals surface area contributed by atoms with Crippen molar-refractivity contribution >= 4 is 44.8 Å². The Morgan fingerprint density at radius 1 is 0.413 bits per heavy atom. The van der Waals surface area contributed by atoms with Gasteiger partial charge >= 0.3 is 0 Å². The molecule has 8 nitrogen and oxygen atoms in total. The number of anilines is 4. The molecule has 8 aromatic carbocycles. The zero-order chi connectivity index (χ0) is 41.2. The molecule has 0 amide bonds. The van der Waals surface area contributed by atoms with Crippen molar-refractivity contribution < 1.29 is 0 Å². The number of nitrogens with zero attached hydrogens (tertiary/aromatic N) is 6. The highest BCUT2D eigenvalue weighted by molar-refractivity contribution is 5.88. The largest absolute Gasteiger partial charge is 0.361 e. The first-order chi connectivity index (χ1) is 31.2. The summed E-state index contributed by atoms with van der Waals surface area (Å²) in [5.41, 5.74) is 21.4. The Morgan fingerprint density at radius 2 is 0.825 bits per heavy atom. The second-order valence-electron chi connectivity index (χ2n) is 17.2. The Morgan fingerprint density at radius 3 is 1.30 bits per heavy atom. The van der Waals surface area contributed by atoms with E-state index in [0.29, 0.717) is 0 Å². The molecule has 300 valence electrons. The van der Waals surface area contributed by atoms with Gasteiger partial charge in [-0.25, -0.2) is 9.97 Å². The molecular formula is C55H40N8. The van der Waals surface area contributed by atoms with E-state index >= 15 is 0 Å². The summed E-state index contributed by atoms with van der Waals surface area (Å²) in [4.78, 5) is 15.2. The Hall–Kier alpha value is -8.10. The summed E-state index contributed by atoms with van der Waals surface area (Å²) in [5.74, 6) is 2.00. The van der Waals surface area contributed by atoms with Crippen LogP contribution in [0.1, 0.15) is 34.6 Å². The van der Waals surface area contributed by atoms with E-state index in [1.165, 1.54) is 55.9 Å². The van der Waals surface area contributed by atoms with Gasteiger partial charge in [0.1, 0.15) is 24.0 Å². The van der Waals surface area contributed by atoms with Crippen molar-refractivity contribution in [3.05, 3.63) is 204 Å². The van der Waals surface area contributed by atoms with Crippen molar-refractivity contribution in [1.29, 1.82) is 0 Å². The lowest BCUT2D eigenvalue weighted by molar-refractivity contribution is 0.651. The maximum absolute atomic E-state index is 5.08. The molecular weight excluding hydrogens is 773 g/mol. The van der Waals surface area contributed by atoms with Crippen LogP contribution in [0.15, 0.2) is 182 Å². The zero-order valence-corrected chi connectivity index (χ0v) is 34.3. The average molecular weight is 813 g/mol. The SMILES string of the molecule is c1ccc2c(c1)NC(c1ccc(-c3ccc4c(c3)CN3CN4Cc4cc(-c5ccc(C6Nc7ccccc7-c7nc8ccccc8n76)cc5)ccc43)cc1)n1c-2nc2ccccc21. The van der Waals surface area contributed by atoms with Crippen LogP contribution in [0.5, 0.6) is 0 Å². The van der Waals surface area contributed by atoms with E-state index < -0.39 is 0 Å². The van der Waals surface area contributed by atoms with Crippen molar-refractivity contribution in [3.63, 3.8) is 0 Å². The van der Waals surface area contributed by atoms with Crippen LogP contribution in [0.2, 0.25) is 0 Å². The minimum absolute atomic E-state index is 0.0649. The van der Waals surface area contributed by atoms with E-state index in [1.807, 2.05) is 0 Å². The minimum atomic E-state index is -0.0649. The maximum Gasteiger partial charge on any atom is 0.145 e. The van der Waals surface area contributed by atoms with Crippen LogP contribution in [0, 0.1) is 0 Å². The first-order valence-corrected chi connectivity index (χ1v) is 21.8. The molecule has 0 spiro atoms. The monoisotopic (exact) mass is 812 g/mol. The molecule has 2 N–H and O–H groups in total. The van der Waals surface area contributed by atoms with E-state index in [-0.39, 0.29) is 12.3 Å². The Balaban J connectivity index is 0.724. The summed E-state index contributed by atoms with van der Waals surface area (Å²) >= 11 is 0. The van der Waals surface area contributed by atoms with Gasteiger partial charge in [0.2, 0.25) is 0 Å². The number of benzene rings is 8. The fraction of sp³-hybridized carbons (Fsp3) is 0.0909. The first kappa shape index (κ1) is 34.6. The number of nitrogens with one attached hydrogen (secondary N) is 2. The lowest BCUT2D eigenvalue weighted by Gasteiger charge is -2.45. The highest BCUT2D eigenvalue weighted by atomic mass is 15.4. The summed E-state index contributed by atoms with van der Waals surface area (Å²) in [6.07, 6.45) is -0.130. The number of imidazole rings is 2. The fourth-order valence-electron chi connectivity index (χ4n) is 10.6. The molecule has 0 radical (unpaired) electrons. The smallest absolute Gasteiger partial charge is 0.145 e. The van der Waals surface area contributed by atoms with Crippen LogP contribution in [0.4, 0.5) is 22.7 Å². The van der Waals surface area contributed by atoms with Crippen LogP contribution >= 0.6 is 0 Å². The van der Waals surface area contributed by atoms with Crippen LogP contribution in [0.3, 0.4) is 0 Å². The molecule has 2 bridgehead atoms. The number of hydrogen-bond donors (Lipinski definition) is 2. The zero-order valence-electron chi connectivity index (χ0n) is 34.3. The molecule has 4 aliphatic heterocycles. The maximum atomic E-state index is 5.08. The molecule has 2 aromatic heterocycles. The molecule has 2 unspecified atom stereocenters. The van der Waals surface area contributed by atoms with Crippen molar-refractivity contribution in [2.75, 3.05) is 27.1 Å². The quantitative estimate of drug-likeness (QED) is 0.185. The van der Waals surface area contributed by atoms with Crippen molar-refractivity contribution in [2.24, 2.45) is 0 Å². The topological polar surface area (TPSA) is 66.2 Å². The summed E-state index contributed by atoms with van der Waals surface area (Å²) in [7, 11) is 0. The van der Waals surface area contributed by atoms with Crippen LogP contribution in [-0.4, -0.2) is 25.8 Å². The molecule has 63 heavy (non-hydrogen) atoms. The van der Waals surface area contributed by atoms with Crippen molar-refractivity contribution in [2.45, 2.75) is 25.4 Å². The summed E-state index contributed by atoms with van der Waals surface area (Å²) in [5, 5.41) is 7.64. The van der Waals surface area contributed by atoms with Crippen molar-refractivity contribution in [3.8, 4) is 45.0 Å². The third-order valence-electron chi connectivity index (χ3n) is 13.7. The van der Waals surface area contributed by atoms with Gasteiger partial charge in [0.15, 0.2) is 0 Å². The first-order valence-electron chi connectivity index (χ1n) is 21.8. The van der Waals surface area contributed by atoms with E-state index in [4.69, 9.17) is 9.97 Å². The lowest BCUT2D eigenvalue weighted by atomic mass is 9.94. The molecule has 10 aromatic rings. The van der Waals surface area contributed by atoms with Gasteiger partial charge in [0.05, 0.1) is 28.7 Å². The number of para-hydroxylation sites is 6. The van der Waals surface area contributed by atoms with E-state index in [0.717, 1.165) is 76.0 Å². The van der Waals surface area contributed by atoms with Gasteiger partial charge in [-0.05, 0) is 117 Å². The predicted molar refractivity (Wildman–Crippen MR) is 255 cm³/mol. The van der Waals surface area contributed by atoms with Crippen LogP contribution in [-0.2, 0) is 13.1 Å². The number of rotatable bonds is 4. The second kappa shape index (κ2) is 13.2. The normalized spacial score (nSPS) is 16.6. The second-order valence-corrected chi connectivity index (χ2v) is 17.2. The summed E-state index contributed by atoms with van der Waals surface area (Å²) in [6.45, 7) is 2.65. The molecule has 2 atom stereocenters. The minimum Gasteiger partial charge on any atom is -0.361 e. The standard InChI is InChI=1S/C55H40N8/c1-3-11-44-42(9-1)54-58-46-13-5-7-15-50(46)62(54)52(56-44)36-21-17-34(18-22-36)38-25-27-48-40(29-38)31-60-33-61(48)32-41-30-39(26-28-49(41)60)35-19-23-37(24-20-35)53-57-45-12-4-2-10-43(45)55-59-47-14-6-8-16-51(47)63(53)55/h1-30,52-53,56-57H,31-33H2. The van der Waals surface area contributed by atoms with E-state index in [9.17, 15) is 0 Å². The Bertz CT molecular complexity index is 3240. The Labute approximate surface area is 364 Å². The lowest BCUT2D eigenvalue weighted by Crippen LogP contribution is -2.46. The van der Waals surface area contributed by atoms with Crippen molar-refractivity contribution in [1.82, 2.24) is 19.1 Å². The molecule has 14 rings (SSSR count). The third-order valence-corrected chi connectivity index (χ3v) is 13.7. The number of fused-ring (bicyclic) bond motifs is 16. The molecule has 0 fully saturated rings. The van der Waals surface area contributed by atoms with E-state index in [2.05, 4.69) is 212 Å². The van der Waals surface area contributed by atoms with Gasteiger partial charge in [0, 0.05) is 47.0 Å². The van der Waals surface area contributed by atoms with Gasteiger partial charge < -0.3 is 20.4 Å². The highest BCUT2D eigenvalue weighted by Gasteiger charge is 2.32. The van der Waals surface area contributed by atoms with Gasteiger partial charge in [-0.15, -0.1) is 0 Å². The fourth-order valence-corrected chi connectivity index (χ4v) is 10.6. The predicted octanol–water partition coefficient (Wildman–Crippen LogP) is 12.3. The molecule has 4 aliphatic rings. The van der Waals surface area contributed by atoms with Crippen LogP contribution < -0.4 is 20.4 Å². The molecule has 0 saturated heterocycles. The molecule has 6 heterocycles. The number of aromatic nitrogens is 4. The molecule has 0 aliphatic carbocycles. The van der Waals surface area contributed by atoms with Gasteiger partial charge in [-0.3, -0.25) is 9.13 Å². The van der Waals surface area contributed by atoms with Gasteiger partial charge in [0.25, 0.3) is 0 Å². The average Bonchev–Trinajstić information content (AvgIpc) is 3.94. The molecule has 8 heteroatoms. The third kappa shape index (κ3) is 5.28. The summed E-state index contributed by atoms with van der Waals surface area (Å²) in [6, 6.07) is 66.0. The van der Waals surface area contributed by atoms with Gasteiger partial charge in [-0.1, -0.05) is 109 Å². The van der Waals surface area contributed by atoms with Gasteiger partial charge in [-0.2, -0.15) is 0 Å².